The number of alkyl halides is 3. The maximum absolute atomic E-state index is 12.7. The quantitative estimate of drug-likeness (QED) is 0.739. The summed E-state index contributed by atoms with van der Waals surface area (Å²) in [5.74, 6) is -0.102. The highest BCUT2D eigenvalue weighted by Crippen LogP contribution is 2.38. The van der Waals surface area contributed by atoms with Gasteiger partial charge in [0.25, 0.3) is 0 Å². The van der Waals surface area contributed by atoms with Crippen molar-refractivity contribution >= 4 is 0 Å². The van der Waals surface area contributed by atoms with E-state index in [0.717, 1.165) is 0 Å². The number of nitrogens with zero attached hydrogens (tertiary/aromatic N) is 4. The van der Waals surface area contributed by atoms with Crippen LogP contribution in [0.5, 0.6) is 5.75 Å². The van der Waals surface area contributed by atoms with Gasteiger partial charge in [-0.05, 0) is 18.2 Å². The summed E-state index contributed by atoms with van der Waals surface area (Å²) >= 11 is 0. The van der Waals surface area contributed by atoms with E-state index in [1.54, 1.807) is 12.1 Å². The Morgan fingerprint density at radius 3 is 2.30 bits per heavy atom. The molecule has 0 aliphatic heterocycles. The number of hydrogen-bond donors (Lipinski definition) is 0. The third-order valence-electron chi connectivity index (χ3n) is 2.90. The van der Waals surface area contributed by atoms with Gasteiger partial charge in [0.1, 0.15) is 12.1 Å². The lowest BCUT2D eigenvalue weighted by molar-refractivity contribution is -0.274. The van der Waals surface area contributed by atoms with Crippen LogP contribution in [0.1, 0.15) is 0 Å². The molecular formula is C15H9F3N4O. The Balaban J connectivity index is 2.22. The fraction of sp³-hybridized carbons (Fsp3) is 0.0667. The maximum atomic E-state index is 12.7. The molecule has 8 heteroatoms. The van der Waals surface area contributed by atoms with E-state index >= 15 is 0 Å². The maximum Gasteiger partial charge on any atom is 0.573 e. The molecule has 2 aromatic heterocycles. The molecule has 0 saturated carbocycles. The summed E-state index contributed by atoms with van der Waals surface area (Å²) in [7, 11) is 0. The van der Waals surface area contributed by atoms with Crippen molar-refractivity contribution < 1.29 is 17.9 Å². The van der Waals surface area contributed by atoms with Crippen LogP contribution >= 0.6 is 0 Å². The van der Waals surface area contributed by atoms with E-state index in [-0.39, 0.29) is 22.8 Å². The molecule has 2 heterocycles. The van der Waals surface area contributed by atoms with Crippen LogP contribution in [-0.2, 0) is 0 Å². The summed E-state index contributed by atoms with van der Waals surface area (Å²) < 4.78 is 42.2. The van der Waals surface area contributed by atoms with E-state index in [4.69, 9.17) is 0 Å². The summed E-state index contributed by atoms with van der Waals surface area (Å²) in [5.41, 5.74) is 0.812. The van der Waals surface area contributed by atoms with Gasteiger partial charge in [0.05, 0.1) is 11.3 Å². The standard InChI is InChI=1S/C15H9F3N4O/c16-15(17,18)23-12-4-1-3-10(14-20-6-2-7-21-14)13(12)11-5-8-19-9-22-11/h1-9H. The number of ether oxygens (including phenoxy) is 1. The first-order chi connectivity index (χ1) is 11.0. The monoisotopic (exact) mass is 318 g/mol. The van der Waals surface area contributed by atoms with E-state index in [1.807, 2.05) is 0 Å². The minimum Gasteiger partial charge on any atom is -0.405 e. The largest absolute Gasteiger partial charge is 0.573 e. The number of halogens is 3. The van der Waals surface area contributed by atoms with Gasteiger partial charge < -0.3 is 4.74 Å². The van der Waals surface area contributed by atoms with Crippen molar-refractivity contribution in [3.63, 3.8) is 0 Å². The zero-order valence-electron chi connectivity index (χ0n) is 11.5. The minimum atomic E-state index is -4.82. The SMILES string of the molecule is FC(F)(F)Oc1cccc(-c2ncccn2)c1-c1ccncn1. The highest BCUT2D eigenvalue weighted by atomic mass is 19.4. The molecule has 0 N–H and O–H groups in total. The molecule has 5 nitrogen and oxygen atoms in total. The first kappa shape index (κ1) is 14.9. The van der Waals surface area contributed by atoms with Gasteiger partial charge in [-0.25, -0.2) is 19.9 Å². The molecule has 0 unspecified atom stereocenters. The summed E-state index contributed by atoms with van der Waals surface area (Å²) in [6.45, 7) is 0. The first-order valence-electron chi connectivity index (χ1n) is 6.47. The highest BCUT2D eigenvalue weighted by molar-refractivity contribution is 5.83. The minimum absolute atomic E-state index is 0.151. The molecule has 0 aliphatic rings. The topological polar surface area (TPSA) is 60.8 Å². The van der Waals surface area contributed by atoms with Crippen LogP contribution in [0.3, 0.4) is 0 Å². The summed E-state index contributed by atoms with van der Waals surface area (Å²) in [6.07, 6.45) is 0.863. The van der Waals surface area contributed by atoms with Crippen molar-refractivity contribution in [3.05, 3.63) is 55.2 Å². The molecule has 3 rings (SSSR count). The number of hydrogen-bond acceptors (Lipinski definition) is 5. The molecule has 0 atom stereocenters. The average molecular weight is 318 g/mol. The highest BCUT2D eigenvalue weighted by Gasteiger charge is 2.33. The van der Waals surface area contributed by atoms with Crippen LogP contribution < -0.4 is 4.74 Å². The molecule has 0 radical (unpaired) electrons. The first-order valence-corrected chi connectivity index (χ1v) is 6.47. The molecule has 1 aromatic carbocycles. The fourth-order valence-corrected chi connectivity index (χ4v) is 2.07. The lowest BCUT2D eigenvalue weighted by atomic mass is 10.0. The normalized spacial score (nSPS) is 11.3. The molecule has 0 aliphatic carbocycles. The lowest BCUT2D eigenvalue weighted by Crippen LogP contribution is -2.18. The Hall–Kier alpha value is -3.03. The molecular weight excluding hydrogens is 309 g/mol. The Bertz CT molecular complexity index is 795. The van der Waals surface area contributed by atoms with E-state index in [2.05, 4.69) is 24.7 Å². The van der Waals surface area contributed by atoms with Gasteiger partial charge in [0, 0.05) is 24.2 Å². The molecule has 0 fully saturated rings. The number of rotatable bonds is 3. The van der Waals surface area contributed by atoms with Crippen LogP contribution in [0.4, 0.5) is 13.2 Å². The van der Waals surface area contributed by atoms with E-state index in [1.165, 1.54) is 43.1 Å². The zero-order valence-corrected chi connectivity index (χ0v) is 11.5. The second kappa shape index (κ2) is 5.99. The van der Waals surface area contributed by atoms with Crippen molar-refractivity contribution in [2.75, 3.05) is 0 Å². The van der Waals surface area contributed by atoms with E-state index in [9.17, 15) is 13.2 Å². The van der Waals surface area contributed by atoms with Gasteiger partial charge in [-0.1, -0.05) is 12.1 Å². The Morgan fingerprint density at radius 2 is 1.65 bits per heavy atom. The summed E-state index contributed by atoms with van der Waals surface area (Å²) in [5, 5.41) is 0. The van der Waals surface area contributed by atoms with Crippen molar-refractivity contribution in [1.82, 2.24) is 19.9 Å². The summed E-state index contributed by atoms with van der Waals surface area (Å²) in [6, 6.07) is 7.37. The third kappa shape index (κ3) is 3.42. The molecule has 0 amide bonds. The van der Waals surface area contributed by atoms with Gasteiger partial charge in [-0.2, -0.15) is 0 Å². The molecule has 0 bridgehead atoms. The Morgan fingerprint density at radius 1 is 0.870 bits per heavy atom. The molecule has 3 aromatic rings. The predicted octanol–water partition coefficient (Wildman–Crippen LogP) is 3.50. The van der Waals surface area contributed by atoms with E-state index < -0.39 is 6.36 Å². The van der Waals surface area contributed by atoms with Crippen LogP contribution in [0, 0.1) is 0 Å². The smallest absolute Gasteiger partial charge is 0.405 e. The van der Waals surface area contributed by atoms with Crippen LogP contribution in [-0.4, -0.2) is 26.3 Å². The molecule has 23 heavy (non-hydrogen) atoms. The van der Waals surface area contributed by atoms with Crippen LogP contribution in [0.15, 0.2) is 55.2 Å². The van der Waals surface area contributed by atoms with Gasteiger partial charge in [0.2, 0.25) is 0 Å². The molecule has 0 saturated heterocycles. The van der Waals surface area contributed by atoms with Gasteiger partial charge in [-0.3, -0.25) is 0 Å². The Kier molecular flexibility index (Phi) is 3.88. The molecule has 116 valence electrons. The van der Waals surface area contributed by atoms with Crippen molar-refractivity contribution in [2.45, 2.75) is 6.36 Å². The summed E-state index contributed by atoms with van der Waals surface area (Å²) in [4.78, 5) is 15.9. The van der Waals surface area contributed by atoms with Gasteiger partial charge in [0.15, 0.2) is 5.82 Å². The third-order valence-corrected chi connectivity index (χ3v) is 2.90. The van der Waals surface area contributed by atoms with E-state index in [0.29, 0.717) is 5.56 Å². The van der Waals surface area contributed by atoms with Gasteiger partial charge >= 0.3 is 6.36 Å². The average Bonchev–Trinajstić information content (AvgIpc) is 2.55. The fourth-order valence-electron chi connectivity index (χ4n) is 2.07. The Labute approximate surface area is 128 Å². The van der Waals surface area contributed by atoms with Crippen LogP contribution in [0.2, 0.25) is 0 Å². The van der Waals surface area contributed by atoms with Crippen molar-refractivity contribution in [3.8, 4) is 28.4 Å². The second-order valence-electron chi connectivity index (χ2n) is 4.39. The number of aromatic nitrogens is 4. The van der Waals surface area contributed by atoms with Crippen molar-refractivity contribution in [2.24, 2.45) is 0 Å². The predicted molar refractivity (Wildman–Crippen MR) is 75.2 cm³/mol. The van der Waals surface area contributed by atoms with Crippen LogP contribution in [0.25, 0.3) is 22.6 Å². The zero-order chi connectivity index (χ0) is 16.3. The lowest BCUT2D eigenvalue weighted by Gasteiger charge is -2.15. The van der Waals surface area contributed by atoms with Crippen molar-refractivity contribution in [1.29, 1.82) is 0 Å². The second-order valence-corrected chi connectivity index (χ2v) is 4.39. The molecule has 0 spiro atoms. The number of benzene rings is 1. The van der Waals surface area contributed by atoms with Gasteiger partial charge in [-0.15, -0.1) is 13.2 Å².